The Balaban J connectivity index is 1.48. The van der Waals surface area contributed by atoms with E-state index < -0.39 is 16.1 Å². The number of nitrogens with zero attached hydrogens (tertiary/aromatic N) is 1. The first kappa shape index (κ1) is 20.2. The molecule has 28 heavy (non-hydrogen) atoms. The summed E-state index contributed by atoms with van der Waals surface area (Å²) in [4.78, 5) is 26.1. The molecule has 2 amide bonds. The molecule has 0 spiro atoms. The second-order valence-corrected chi connectivity index (χ2v) is 8.33. The molecule has 0 radical (unpaired) electrons. The van der Waals surface area contributed by atoms with Gasteiger partial charge in [0.05, 0.1) is 17.4 Å². The fourth-order valence-electron chi connectivity index (χ4n) is 3.20. The number of nitrogens with two attached hydrogens (primary N) is 1. The standard InChI is InChI=1S/C20H23N3O4S/c21-28(26,27)17-8-6-16(7-9-17)10-12-22-18-14-19(24)23(20(18)25)13-11-15-4-2-1-3-5-15/h1-9,18,22H,10-14H2,(H2,21,26,27)/t18-/m0/s1. The van der Waals surface area contributed by atoms with Crippen LogP contribution in [-0.2, 0) is 32.5 Å². The Hall–Kier alpha value is -2.55. The Morgan fingerprint density at radius 1 is 0.964 bits per heavy atom. The van der Waals surface area contributed by atoms with Gasteiger partial charge in [-0.3, -0.25) is 14.5 Å². The lowest BCUT2D eigenvalue weighted by Gasteiger charge is -2.15. The summed E-state index contributed by atoms with van der Waals surface area (Å²) in [5, 5.41) is 8.21. The quantitative estimate of drug-likeness (QED) is 0.637. The van der Waals surface area contributed by atoms with E-state index in [9.17, 15) is 18.0 Å². The minimum atomic E-state index is -3.70. The molecule has 3 rings (SSSR count). The number of rotatable bonds is 8. The maximum atomic E-state index is 12.5. The summed E-state index contributed by atoms with van der Waals surface area (Å²) in [6.45, 7) is 0.889. The predicted octanol–water partition coefficient (Wildman–Crippen LogP) is 0.836. The van der Waals surface area contributed by atoms with Gasteiger partial charge < -0.3 is 5.32 Å². The van der Waals surface area contributed by atoms with Gasteiger partial charge in [-0.2, -0.15) is 0 Å². The summed E-state index contributed by atoms with van der Waals surface area (Å²) in [5.41, 5.74) is 2.00. The predicted molar refractivity (Wildman–Crippen MR) is 105 cm³/mol. The van der Waals surface area contributed by atoms with Crippen molar-refractivity contribution in [3.05, 3.63) is 65.7 Å². The van der Waals surface area contributed by atoms with Crippen molar-refractivity contribution < 1.29 is 18.0 Å². The van der Waals surface area contributed by atoms with Crippen LogP contribution in [0.1, 0.15) is 17.5 Å². The van der Waals surface area contributed by atoms with E-state index in [4.69, 9.17) is 5.14 Å². The number of nitrogens with one attached hydrogen (secondary N) is 1. The molecule has 0 unspecified atom stereocenters. The summed E-state index contributed by atoms with van der Waals surface area (Å²) in [5.74, 6) is -0.346. The molecular weight excluding hydrogens is 378 g/mol. The van der Waals surface area contributed by atoms with Gasteiger partial charge in [0.25, 0.3) is 0 Å². The van der Waals surface area contributed by atoms with Crippen molar-refractivity contribution in [1.29, 1.82) is 0 Å². The number of primary sulfonamides is 1. The molecule has 0 aliphatic carbocycles. The number of hydrogen-bond donors (Lipinski definition) is 2. The number of hydrogen-bond acceptors (Lipinski definition) is 5. The van der Waals surface area contributed by atoms with Crippen molar-refractivity contribution in [3.63, 3.8) is 0 Å². The van der Waals surface area contributed by atoms with Crippen molar-refractivity contribution in [2.24, 2.45) is 5.14 Å². The summed E-state index contributed by atoms with van der Waals surface area (Å²) in [6.07, 6.45) is 1.41. The molecular formula is C20H23N3O4S. The zero-order chi connectivity index (χ0) is 20.1. The zero-order valence-corrected chi connectivity index (χ0v) is 16.2. The first-order chi connectivity index (χ1) is 13.3. The lowest BCUT2D eigenvalue weighted by atomic mass is 10.1. The monoisotopic (exact) mass is 401 g/mol. The molecule has 1 aliphatic heterocycles. The number of sulfonamides is 1. The maximum absolute atomic E-state index is 12.5. The van der Waals surface area contributed by atoms with Crippen LogP contribution in [0, 0.1) is 0 Å². The fraction of sp³-hybridized carbons (Fsp3) is 0.300. The molecule has 1 heterocycles. The highest BCUT2D eigenvalue weighted by Gasteiger charge is 2.37. The second kappa shape index (κ2) is 8.64. The summed E-state index contributed by atoms with van der Waals surface area (Å²) in [6, 6.07) is 15.5. The van der Waals surface area contributed by atoms with Crippen LogP contribution in [0.25, 0.3) is 0 Å². The molecule has 7 nitrogen and oxygen atoms in total. The van der Waals surface area contributed by atoms with Crippen molar-refractivity contribution >= 4 is 21.8 Å². The van der Waals surface area contributed by atoms with E-state index in [2.05, 4.69) is 5.32 Å². The lowest BCUT2D eigenvalue weighted by Crippen LogP contribution is -2.40. The lowest BCUT2D eigenvalue weighted by molar-refractivity contribution is -0.138. The van der Waals surface area contributed by atoms with E-state index in [1.54, 1.807) is 12.1 Å². The first-order valence-corrected chi connectivity index (χ1v) is 10.6. The molecule has 1 fully saturated rings. The molecule has 1 saturated heterocycles. The number of benzene rings is 2. The van der Waals surface area contributed by atoms with Crippen molar-refractivity contribution in [2.75, 3.05) is 13.1 Å². The van der Waals surface area contributed by atoms with Crippen LogP contribution in [0.5, 0.6) is 0 Å². The number of carbonyl (C=O) groups is 2. The highest BCUT2D eigenvalue weighted by Crippen LogP contribution is 2.15. The zero-order valence-electron chi connectivity index (χ0n) is 15.4. The van der Waals surface area contributed by atoms with Crippen LogP contribution in [0.4, 0.5) is 0 Å². The summed E-state index contributed by atoms with van der Waals surface area (Å²) in [7, 11) is -3.70. The largest absolute Gasteiger partial charge is 0.305 e. The molecule has 2 aromatic rings. The van der Waals surface area contributed by atoms with E-state index in [0.29, 0.717) is 25.9 Å². The molecule has 8 heteroatoms. The molecule has 0 aromatic heterocycles. The maximum Gasteiger partial charge on any atom is 0.246 e. The van der Waals surface area contributed by atoms with Crippen LogP contribution in [0.3, 0.4) is 0 Å². The van der Waals surface area contributed by atoms with Gasteiger partial charge >= 0.3 is 0 Å². The van der Waals surface area contributed by atoms with Gasteiger partial charge in [-0.25, -0.2) is 13.6 Å². The van der Waals surface area contributed by atoms with Crippen molar-refractivity contribution in [2.45, 2.75) is 30.2 Å². The van der Waals surface area contributed by atoms with E-state index in [0.717, 1.165) is 11.1 Å². The average Bonchev–Trinajstić information content (AvgIpc) is 2.94. The van der Waals surface area contributed by atoms with E-state index in [1.165, 1.54) is 17.0 Å². The Labute approximate surface area is 164 Å². The Bertz CT molecular complexity index is 943. The molecule has 148 valence electrons. The third-order valence-electron chi connectivity index (χ3n) is 4.77. The van der Waals surface area contributed by atoms with Crippen LogP contribution in [-0.4, -0.2) is 44.3 Å². The normalized spacial score (nSPS) is 17.3. The Morgan fingerprint density at radius 2 is 1.61 bits per heavy atom. The summed E-state index contributed by atoms with van der Waals surface area (Å²) < 4.78 is 22.5. The van der Waals surface area contributed by atoms with Gasteiger partial charge in [0, 0.05) is 6.54 Å². The minimum Gasteiger partial charge on any atom is -0.305 e. The summed E-state index contributed by atoms with van der Waals surface area (Å²) >= 11 is 0. The molecule has 3 N–H and O–H groups in total. The highest BCUT2D eigenvalue weighted by atomic mass is 32.2. The van der Waals surface area contributed by atoms with Crippen LogP contribution in [0.15, 0.2) is 59.5 Å². The second-order valence-electron chi connectivity index (χ2n) is 6.77. The van der Waals surface area contributed by atoms with Gasteiger partial charge in [-0.15, -0.1) is 0 Å². The molecule has 1 atom stereocenters. The topological polar surface area (TPSA) is 110 Å². The first-order valence-electron chi connectivity index (χ1n) is 9.08. The van der Waals surface area contributed by atoms with E-state index in [-0.39, 0.29) is 23.1 Å². The highest BCUT2D eigenvalue weighted by molar-refractivity contribution is 7.89. The van der Waals surface area contributed by atoms with Gasteiger partial charge in [-0.1, -0.05) is 42.5 Å². The van der Waals surface area contributed by atoms with Crippen LogP contribution < -0.4 is 10.5 Å². The number of amides is 2. The number of carbonyl (C=O) groups excluding carboxylic acids is 2. The molecule has 0 saturated carbocycles. The number of imide groups is 1. The third kappa shape index (κ3) is 5.03. The van der Waals surface area contributed by atoms with Gasteiger partial charge in [0.1, 0.15) is 0 Å². The average molecular weight is 401 g/mol. The van der Waals surface area contributed by atoms with Gasteiger partial charge in [0.2, 0.25) is 21.8 Å². The molecule has 0 bridgehead atoms. The van der Waals surface area contributed by atoms with Crippen molar-refractivity contribution in [3.8, 4) is 0 Å². The Kier molecular flexibility index (Phi) is 6.23. The fourth-order valence-corrected chi connectivity index (χ4v) is 3.72. The SMILES string of the molecule is NS(=O)(=O)c1ccc(CCN[C@H]2CC(=O)N(CCc3ccccc3)C2=O)cc1. The van der Waals surface area contributed by atoms with E-state index in [1.807, 2.05) is 30.3 Å². The van der Waals surface area contributed by atoms with Crippen molar-refractivity contribution in [1.82, 2.24) is 10.2 Å². The smallest absolute Gasteiger partial charge is 0.246 e. The molecule has 1 aliphatic rings. The Morgan fingerprint density at radius 3 is 2.25 bits per heavy atom. The third-order valence-corrected chi connectivity index (χ3v) is 5.70. The number of likely N-dealkylation sites (tertiary alicyclic amines) is 1. The van der Waals surface area contributed by atoms with E-state index >= 15 is 0 Å². The van der Waals surface area contributed by atoms with Crippen LogP contribution >= 0.6 is 0 Å². The van der Waals surface area contributed by atoms with Gasteiger partial charge in [0.15, 0.2) is 0 Å². The van der Waals surface area contributed by atoms with Crippen LogP contribution in [0.2, 0.25) is 0 Å². The minimum absolute atomic E-state index is 0.0647. The van der Waals surface area contributed by atoms with Gasteiger partial charge in [-0.05, 0) is 42.6 Å². The molecule has 2 aromatic carbocycles.